The highest BCUT2D eigenvalue weighted by Crippen LogP contribution is 2.18. The Bertz CT molecular complexity index is 338. The predicted octanol–water partition coefficient (Wildman–Crippen LogP) is 1.95. The van der Waals surface area contributed by atoms with Crippen molar-refractivity contribution in [2.75, 3.05) is 11.9 Å². The van der Waals surface area contributed by atoms with Crippen molar-refractivity contribution >= 4 is 11.6 Å². The quantitative estimate of drug-likeness (QED) is 0.654. The third-order valence-electron chi connectivity index (χ3n) is 1.74. The molecule has 0 spiro atoms. The molecule has 1 aromatic carbocycles. The lowest BCUT2D eigenvalue weighted by Crippen LogP contribution is -2.23. The van der Waals surface area contributed by atoms with Crippen molar-refractivity contribution in [1.29, 1.82) is 0 Å². The van der Waals surface area contributed by atoms with Crippen LogP contribution in [0, 0.1) is 11.6 Å². The van der Waals surface area contributed by atoms with Crippen molar-refractivity contribution in [3.63, 3.8) is 0 Å². The zero-order chi connectivity index (χ0) is 10.0. The van der Waals surface area contributed by atoms with E-state index in [4.69, 9.17) is 0 Å². The van der Waals surface area contributed by atoms with Gasteiger partial charge in [-0.2, -0.15) is 0 Å². The van der Waals surface area contributed by atoms with E-state index in [0.717, 1.165) is 23.1 Å². The van der Waals surface area contributed by atoms with E-state index >= 15 is 0 Å². The summed E-state index contributed by atoms with van der Waals surface area (Å²) in [6, 6.07) is 2.98. The highest BCUT2D eigenvalue weighted by atomic mass is 19.1. The topological polar surface area (TPSA) is 20.3 Å². The SMILES string of the molecule is CC(=O)N(C)c1cc(F)ccc1F. The van der Waals surface area contributed by atoms with Crippen molar-refractivity contribution in [1.82, 2.24) is 0 Å². The second-order valence-corrected chi connectivity index (χ2v) is 2.67. The Morgan fingerprint density at radius 3 is 2.54 bits per heavy atom. The number of carbonyl (C=O) groups is 1. The molecule has 4 heteroatoms. The third-order valence-corrected chi connectivity index (χ3v) is 1.74. The maximum absolute atomic E-state index is 13.0. The van der Waals surface area contributed by atoms with E-state index in [1.807, 2.05) is 0 Å². The second kappa shape index (κ2) is 3.51. The molecule has 0 aliphatic carbocycles. The molecule has 2 nitrogen and oxygen atoms in total. The molecule has 0 saturated carbocycles. The van der Waals surface area contributed by atoms with E-state index in [1.165, 1.54) is 14.0 Å². The number of rotatable bonds is 1. The van der Waals surface area contributed by atoms with Crippen LogP contribution in [0.2, 0.25) is 0 Å². The van der Waals surface area contributed by atoms with Crippen molar-refractivity contribution in [2.45, 2.75) is 6.92 Å². The first kappa shape index (κ1) is 9.64. The molecule has 0 aliphatic rings. The Kier molecular flexibility index (Phi) is 2.60. The van der Waals surface area contributed by atoms with E-state index in [-0.39, 0.29) is 11.6 Å². The summed E-state index contributed by atoms with van der Waals surface area (Å²) in [6.07, 6.45) is 0. The average Bonchev–Trinajstić information content (AvgIpc) is 2.08. The van der Waals surface area contributed by atoms with Crippen LogP contribution < -0.4 is 4.90 Å². The predicted molar refractivity (Wildman–Crippen MR) is 45.4 cm³/mol. The van der Waals surface area contributed by atoms with Gasteiger partial charge >= 0.3 is 0 Å². The maximum Gasteiger partial charge on any atom is 0.223 e. The fourth-order valence-corrected chi connectivity index (χ4v) is 0.912. The fourth-order valence-electron chi connectivity index (χ4n) is 0.912. The van der Waals surface area contributed by atoms with E-state index < -0.39 is 11.6 Å². The number of carbonyl (C=O) groups excluding carboxylic acids is 1. The number of benzene rings is 1. The molecule has 1 aromatic rings. The van der Waals surface area contributed by atoms with Crippen LogP contribution in [0.4, 0.5) is 14.5 Å². The first-order valence-electron chi connectivity index (χ1n) is 3.71. The summed E-state index contributed by atoms with van der Waals surface area (Å²) >= 11 is 0. The summed E-state index contributed by atoms with van der Waals surface area (Å²) in [5.74, 6) is -1.52. The molecule has 0 fully saturated rings. The molecule has 1 rings (SSSR count). The normalized spacial score (nSPS) is 9.85. The summed E-state index contributed by atoms with van der Waals surface area (Å²) in [7, 11) is 1.39. The molecule has 0 heterocycles. The van der Waals surface area contributed by atoms with E-state index in [1.54, 1.807) is 0 Å². The smallest absolute Gasteiger partial charge is 0.223 e. The largest absolute Gasteiger partial charge is 0.313 e. The minimum Gasteiger partial charge on any atom is -0.313 e. The summed E-state index contributed by atoms with van der Waals surface area (Å²) in [6.45, 7) is 1.28. The molecule has 70 valence electrons. The molecule has 0 aromatic heterocycles. The molecule has 0 bridgehead atoms. The molecule has 0 atom stereocenters. The van der Waals surface area contributed by atoms with Crippen LogP contribution in [0.5, 0.6) is 0 Å². The number of hydrogen-bond acceptors (Lipinski definition) is 1. The number of halogens is 2. The van der Waals surface area contributed by atoms with Crippen molar-refractivity contribution in [3.05, 3.63) is 29.8 Å². The minimum absolute atomic E-state index is 0.0486. The fraction of sp³-hybridized carbons (Fsp3) is 0.222. The van der Waals surface area contributed by atoms with Gasteiger partial charge in [0.05, 0.1) is 5.69 Å². The zero-order valence-electron chi connectivity index (χ0n) is 7.34. The molecule has 0 unspecified atom stereocenters. The van der Waals surface area contributed by atoms with Crippen LogP contribution in [-0.2, 0) is 4.79 Å². The summed E-state index contributed by atoms with van der Waals surface area (Å²) in [4.78, 5) is 11.9. The third kappa shape index (κ3) is 2.02. The van der Waals surface area contributed by atoms with Gasteiger partial charge in [0.15, 0.2) is 0 Å². The number of amides is 1. The van der Waals surface area contributed by atoms with Gasteiger partial charge in [0, 0.05) is 20.0 Å². The Hall–Kier alpha value is -1.45. The van der Waals surface area contributed by atoms with Gasteiger partial charge in [0.1, 0.15) is 11.6 Å². The molecule has 0 saturated heterocycles. The van der Waals surface area contributed by atoms with Gasteiger partial charge in [-0.05, 0) is 12.1 Å². The first-order chi connectivity index (χ1) is 6.02. The lowest BCUT2D eigenvalue weighted by atomic mass is 10.2. The van der Waals surface area contributed by atoms with Crippen molar-refractivity contribution in [2.24, 2.45) is 0 Å². The Morgan fingerprint density at radius 1 is 1.38 bits per heavy atom. The molecule has 13 heavy (non-hydrogen) atoms. The molecule has 0 N–H and O–H groups in total. The maximum atomic E-state index is 13.0. The highest BCUT2D eigenvalue weighted by molar-refractivity contribution is 5.90. The van der Waals surface area contributed by atoms with Crippen molar-refractivity contribution < 1.29 is 13.6 Å². The lowest BCUT2D eigenvalue weighted by Gasteiger charge is -2.15. The second-order valence-electron chi connectivity index (χ2n) is 2.67. The Morgan fingerprint density at radius 2 is 2.00 bits per heavy atom. The highest BCUT2D eigenvalue weighted by Gasteiger charge is 2.11. The van der Waals surface area contributed by atoms with Gasteiger partial charge in [0.25, 0.3) is 0 Å². The van der Waals surface area contributed by atoms with Gasteiger partial charge in [0.2, 0.25) is 5.91 Å². The minimum atomic E-state index is -0.612. The van der Waals surface area contributed by atoms with Crippen LogP contribution in [0.1, 0.15) is 6.92 Å². The van der Waals surface area contributed by atoms with Gasteiger partial charge in [-0.1, -0.05) is 0 Å². The van der Waals surface area contributed by atoms with Crippen LogP contribution in [-0.4, -0.2) is 13.0 Å². The van der Waals surface area contributed by atoms with Crippen LogP contribution in [0.25, 0.3) is 0 Å². The monoisotopic (exact) mass is 185 g/mol. The lowest BCUT2D eigenvalue weighted by molar-refractivity contribution is -0.116. The molecule has 0 radical (unpaired) electrons. The number of nitrogens with zero attached hydrogens (tertiary/aromatic N) is 1. The van der Waals surface area contributed by atoms with Gasteiger partial charge in [-0.15, -0.1) is 0 Å². The standard InChI is InChI=1S/C9H9F2NO/c1-6(13)12(2)9-5-7(10)3-4-8(9)11/h3-5H,1-2H3. The summed E-state index contributed by atoms with van der Waals surface area (Å²) in [5, 5.41) is 0. The van der Waals surface area contributed by atoms with Crippen LogP contribution in [0.3, 0.4) is 0 Å². The Balaban J connectivity index is 3.12. The van der Waals surface area contributed by atoms with Gasteiger partial charge in [-0.3, -0.25) is 4.79 Å². The Labute approximate surface area is 74.8 Å². The van der Waals surface area contributed by atoms with Crippen LogP contribution in [0.15, 0.2) is 18.2 Å². The van der Waals surface area contributed by atoms with E-state index in [0.29, 0.717) is 0 Å². The average molecular weight is 185 g/mol. The van der Waals surface area contributed by atoms with E-state index in [9.17, 15) is 13.6 Å². The molecular formula is C9H9F2NO. The van der Waals surface area contributed by atoms with Crippen molar-refractivity contribution in [3.8, 4) is 0 Å². The zero-order valence-corrected chi connectivity index (χ0v) is 7.34. The first-order valence-corrected chi connectivity index (χ1v) is 3.71. The van der Waals surface area contributed by atoms with Gasteiger partial charge in [-0.25, -0.2) is 8.78 Å². The summed E-state index contributed by atoms with van der Waals surface area (Å²) in [5.41, 5.74) is -0.0486. The molecular weight excluding hydrogens is 176 g/mol. The number of anilines is 1. The van der Waals surface area contributed by atoms with Gasteiger partial charge < -0.3 is 4.90 Å². The van der Waals surface area contributed by atoms with Crippen LogP contribution >= 0.6 is 0 Å². The molecule has 0 aliphatic heterocycles. The number of hydrogen-bond donors (Lipinski definition) is 0. The van der Waals surface area contributed by atoms with E-state index in [2.05, 4.69) is 0 Å². The molecule has 1 amide bonds. The summed E-state index contributed by atoms with van der Waals surface area (Å²) < 4.78 is 25.7.